The largest absolute Gasteiger partial charge is 0.469 e. The van der Waals surface area contributed by atoms with E-state index in [9.17, 15) is 4.79 Å². The summed E-state index contributed by atoms with van der Waals surface area (Å²) in [4.78, 5) is 15.9. The van der Waals surface area contributed by atoms with Crippen molar-refractivity contribution in [2.24, 2.45) is 22.2 Å². The molecule has 0 amide bonds. The highest BCUT2D eigenvalue weighted by molar-refractivity contribution is 5.95. The number of nitrogens with zero attached hydrogens (tertiary/aromatic N) is 1. The molecule has 0 heterocycles. The Bertz CT molecular complexity index is 858. The van der Waals surface area contributed by atoms with Crippen LogP contribution in [0.1, 0.15) is 48.3 Å². The molecule has 29 heavy (non-hydrogen) atoms. The molecule has 1 atom stereocenters. The van der Waals surface area contributed by atoms with E-state index in [-0.39, 0.29) is 23.7 Å². The number of esters is 1. The van der Waals surface area contributed by atoms with E-state index in [1.165, 1.54) is 12.7 Å². The van der Waals surface area contributed by atoms with Crippen LogP contribution in [0.4, 0.5) is 5.69 Å². The van der Waals surface area contributed by atoms with Crippen LogP contribution in [-0.2, 0) is 16.0 Å². The van der Waals surface area contributed by atoms with Gasteiger partial charge < -0.3 is 21.9 Å². The molecule has 0 spiro atoms. The molecule has 0 aliphatic heterocycles. The second kappa shape index (κ2) is 10.8. The van der Waals surface area contributed by atoms with Crippen LogP contribution >= 0.6 is 0 Å². The van der Waals surface area contributed by atoms with Gasteiger partial charge in [0, 0.05) is 5.56 Å². The lowest BCUT2D eigenvalue weighted by molar-refractivity contribution is -0.141. The summed E-state index contributed by atoms with van der Waals surface area (Å²) >= 11 is 0. The van der Waals surface area contributed by atoms with E-state index < -0.39 is 0 Å². The topological polar surface area (TPSA) is 141 Å². The number of hydrogen-bond acceptors (Lipinski definition) is 4. The van der Waals surface area contributed by atoms with Gasteiger partial charge in [0.2, 0.25) is 0 Å². The Morgan fingerprint density at radius 3 is 2.45 bits per heavy atom. The highest BCUT2D eigenvalue weighted by atomic mass is 16.5. The van der Waals surface area contributed by atoms with Crippen LogP contribution < -0.4 is 17.2 Å². The number of hydrogen-bond donors (Lipinski definition) is 4. The zero-order chi connectivity index (χ0) is 21.2. The van der Waals surface area contributed by atoms with Gasteiger partial charge in [0.05, 0.1) is 19.2 Å². The Kier molecular flexibility index (Phi) is 8.21. The molecular weight excluding hydrogens is 366 g/mol. The average Bonchev–Trinajstić information content (AvgIpc) is 2.71. The highest BCUT2D eigenvalue weighted by Gasteiger charge is 2.17. The lowest BCUT2D eigenvalue weighted by atomic mass is 9.89. The molecule has 0 aliphatic carbocycles. The molecule has 0 unspecified atom stereocenters. The van der Waals surface area contributed by atoms with Gasteiger partial charge in [-0.3, -0.25) is 10.2 Å². The van der Waals surface area contributed by atoms with E-state index in [1.54, 1.807) is 6.07 Å². The van der Waals surface area contributed by atoms with E-state index >= 15 is 0 Å². The van der Waals surface area contributed by atoms with E-state index in [0.29, 0.717) is 12.0 Å². The van der Waals surface area contributed by atoms with Crippen LogP contribution in [0.15, 0.2) is 53.5 Å². The first-order chi connectivity index (χ1) is 13.9. The number of amidine groups is 1. The van der Waals surface area contributed by atoms with Gasteiger partial charge in [-0.15, -0.1) is 0 Å². The van der Waals surface area contributed by atoms with Crippen molar-refractivity contribution >= 4 is 23.5 Å². The van der Waals surface area contributed by atoms with Gasteiger partial charge in [-0.2, -0.15) is 0 Å². The number of nitrogen functional groups attached to an aromatic ring is 1. The van der Waals surface area contributed by atoms with Gasteiger partial charge in [-0.25, -0.2) is 4.99 Å². The molecule has 154 valence electrons. The number of aliphatic imine (C=N–C) groups is 1. The average molecular weight is 396 g/mol. The van der Waals surface area contributed by atoms with Gasteiger partial charge >= 0.3 is 5.97 Å². The number of rotatable bonds is 10. The third-order valence-electron chi connectivity index (χ3n) is 4.77. The molecule has 7 N–H and O–H groups in total. The molecule has 2 rings (SSSR count). The molecule has 0 saturated heterocycles. The van der Waals surface area contributed by atoms with Crippen molar-refractivity contribution in [2.45, 2.75) is 38.0 Å². The number of nitrogens with one attached hydrogen (secondary N) is 1. The number of aryl methyl sites for hydroxylation is 1. The molecule has 0 aliphatic rings. The van der Waals surface area contributed by atoms with Crippen molar-refractivity contribution in [2.75, 3.05) is 7.11 Å². The molecule has 2 aromatic rings. The number of ether oxygens (including phenoxy) is 1. The number of carbonyl (C=O) groups excluding carboxylic acids is 1. The first kappa shape index (κ1) is 21.9. The molecule has 0 radical (unpaired) electrons. The van der Waals surface area contributed by atoms with Gasteiger partial charge in [0.1, 0.15) is 5.84 Å². The quantitative estimate of drug-likeness (QED) is 0.212. The summed E-state index contributed by atoms with van der Waals surface area (Å²) in [7, 11) is 1.40. The molecule has 7 heteroatoms. The number of benzene rings is 2. The van der Waals surface area contributed by atoms with Crippen molar-refractivity contribution in [1.29, 1.82) is 5.41 Å². The fraction of sp³-hybridized carbons (Fsp3) is 0.318. The van der Waals surface area contributed by atoms with Gasteiger partial charge in [-0.1, -0.05) is 36.8 Å². The third-order valence-corrected chi connectivity index (χ3v) is 4.77. The van der Waals surface area contributed by atoms with Crippen molar-refractivity contribution in [3.05, 3.63) is 65.2 Å². The zero-order valence-corrected chi connectivity index (χ0v) is 16.7. The van der Waals surface area contributed by atoms with Crippen LogP contribution in [0.2, 0.25) is 0 Å². The first-order valence-corrected chi connectivity index (χ1v) is 9.58. The predicted octanol–water partition coefficient (Wildman–Crippen LogP) is 2.94. The monoisotopic (exact) mass is 395 g/mol. The van der Waals surface area contributed by atoms with Crippen molar-refractivity contribution < 1.29 is 9.53 Å². The molecule has 2 aromatic carbocycles. The Morgan fingerprint density at radius 1 is 1.10 bits per heavy atom. The number of methoxy groups -OCH3 is 1. The van der Waals surface area contributed by atoms with Crippen LogP contribution in [0.5, 0.6) is 0 Å². The lowest BCUT2D eigenvalue weighted by Gasteiger charge is -2.17. The number of carbonyl (C=O) groups is 1. The Balaban J connectivity index is 1.96. The lowest BCUT2D eigenvalue weighted by Crippen LogP contribution is -2.21. The molecule has 0 fully saturated rings. The number of unbranched alkanes of at least 4 members (excludes halogenated alkanes) is 1. The van der Waals surface area contributed by atoms with E-state index in [4.69, 9.17) is 27.3 Å². The van der Waals surface area contributed by atoms with Crippen LogP contribution in [0.25, 0.3) is 0 Å². The summed E-state index contributed by atoms with van der Waals surface area (Å²) < 4.78 is 4.86. The number of guanidine groups is 1. The SMILES string of the molecule is COC(=O)C[C@@H](CCCCc1ccc(N=C(N)N)cc1)c1cccc(C(=N)N)c1. The van der Waals surface area contributed by atoms with Crippen molar-refractivity contribution in [3.63, 3.8) is 0 Å². The summed E-state index contributed by atoms with van der Waals surface area (Å²) in [6.45, 7) is 0. The Morgan fingerprint density at radius 2 is 1.83 bits per heavy atom. The van der Waals surface area contributed by atoms with E-state index in [2.05, 4.69) is 4.99 Å². The third kappa shape index (κ3) is 7.29. The van der Waals surface area contributed by atoms with Gasteiger partial charge in [-0.05, 0) is 54.5 Å². The van der Waals surface area contributed by atoms with Crippen LogP contribution in [-0.4, -0.2) is 24.9 Å². The molecule has 7 nitrogen and oxygen atoms in total. The van der Waals surface area contributed by atoms with Crippen molar-refractivity contribution in [3.8, 4) is 0 Å². The van der Waals surface area contributed by atoms with Gasteiger partial charge in [0.15, 0.2) is 5.96 Å². The molecule has 0 saturated carbocycles. The molecule has 0 aromatic heterocycles. The second-order valence-electron chi connectivity index (χ2n) is 6.97. The minimum absolute atomic E-state index is 0.0211. The minimum atomic E-state index is -0.237. The summed E-state index contributed by atoms with van der Waals surface area (Å²) in [5, 5.41) is 7.63. The summed E-state index contributed by atoms with van der Waals surface area (Å²) in [5.74, 6) is -0.138. The van der Waals surface area contributed by atoms with E-state index in [0.717, 1.165) is 36.9 Å². The van der Waals surface area contributed by atoms with E-state index in [1.807, 2.05) is 42.5 Å². The molecule has 0 bridgehead atoms. The van der Waals surface area contributed by atoms with Crippen LogP contribution in [0.3, 0.4) is 0 Å². The molecular formula is C22H29N5O2. The Hall–Kier alpha value is -3.35. The maximum atomic E-state index is 11.9. The summed E-state index contributed by atoms with van der Waals surface area (Å²) in [5.41, 5.74) is 20.0. The maximum absolute atomic E-state index is 11.9. The Labute approximate surface area is 171 Å². The van der Waals surface area contributed by atoms with Crippen molar-refractivity contribution in [1.82, 2.24) is 0 Å². The fourth-order valence-electron chi connectivity index (χ4n) is 3.24. The minimum Gasteiger partial charge on any atom is -0.469 e. The summed E-state index contributed by atoms with van der Waals surface area (Å²) in [6.07, 6.45) is 4.04. The predicted molar refractivity (Wildman–Crippen MR) is 116 cm³/mol. The first-order valence-electron chi connectivity index (χ1n) is 9.58. The standard InChI is InChI=1S/C22H29N5O2/c1-29-20(28)14-17(16-7-4-8-18(13-16)21(23)24)6-3-2-5-15-9-11-19(12-10-15)27-22(25)26/h4,7-13,17H,2-3,5-6,14H2,1H3,(H3,23,24)(H4,25,26,27)/t17-/m1/s1. The normalized spacial score (nSPS) is 11.5. The summed E-state index contributed by atoms with van der Waals surface area (Å²) in [6, 6.07) is 15.3. The smallest absolute Gasteiger partial charge is 0.306 e. The zero-order valence-electron chi connectivity index (χ0n) is 16.7. The second-order valence-corrected chi connectivity index (χ2v) is 6.97. The number of nitrogens with two attached hydrogens (primary N) is 3. The fourth-order valence-corrected chi connectivity index (χ4v) is 3.24. The highest BCUT2D eigenvalue weighted by Crippen LogP contribution is 2.27. The van der Waals surface area contributed by atoms with Crippen LogP contribution in [0, 0.1) is 5.41 Å². The maximum Gasteiger partial charge on any atom is 0.306 e. The van der Waals surface area contributed by atoms with Gasteiger partial charge in [0.25, 0.3) is 0 Å².